The van der Waals surface area contributed by atoms with Crippen LogP contribution >= 0.6 is 11.3 Å². The molecule has 1 aromatic heterocycles. The van der Waals surface area contributed by atoms with Crippen molar-refractivity contribution < 1.29 is 18.7 Å². The summed E-state index contributed by atoms with van der Waals surface area (Å²) in [5.41, 5.74) is 0. The van der Waals surface area contributed by atoms with Crippen molar-refractivity contribution >= 4 is 27.4 Å². The van der Waals surface area contributed by atoms with E-state index in [9.17, 15) is 13.6 Å². The van der Waals surface area contributed by atoms with Crippen molar-refractivity contribution in [3.63, 3.8) is 0 Å². The summed E-state index contributed by atoms with van der Waals surface area (Å²) in [5, 5.41) is 9.05. The minimum atomic E-state index is -1.13. The van der Waals surface area contributed by atoms with Gasteiger partial charge in [-0.1, -0.05) is 26.3 Å². The maximum absolute atomic E-state index is 13.1. The highest BCUT2D eigenvalue weighted by molar-refractivity contribution is 7.20. The minimum Gasteiger partial charge on any atom is -0.477 e. The van der Waals surface area contributed by atoms with E-state index in [1.165, 1.54) is 18.6 Å². The number of thiophene rings is 1. The van der Waals surface area contributed by atoms with Crippen LogP contribution < -0.4 is 0 Å². The number of hydrogen-bond donors (Lipinski definition) is 1. The molecule has 0 saturated carbocycles. The van der Waals surface area contributed by atoms with Crippen molar-refractivity contribution in [1.29, 1.82) is 0 Å². The summed E-state index contributed by atoms with van der Waals surface area (Å²) < 4.78 is 25.9. The Morgan fingerprint density at radius 3 is 2.47 bits per heavy atom. The van der Waals surface area contributed by atoms with Gasteiger partial charge in [0.1, 0.15) is 4.88 Å². The molecule has 0 radical (unpaired) electrons. The standard InChI is InChI=1S/C9H4F2O2S.C3H8/c10-5-2-1-4-3-6(9(12)13)14-8(4)7(5)11;1-3-2/h1-3H,(H,12,13);3H2,1-2H3. The lowest BCUT2D eigenvalue weighted by molar-refractivity contribution is 0.0702. The fraction of sp³-hybridized carbons (Fsp3) is 0.250. The molecule has 5 heteroatoms. The molecule has 0 aliphatic rings. The molecule has 1 heterocycles. The molecule has 2 rings (SSSR count). The van der Waals surface area contributed by atoms with Crippen LogP contribution in [-0.2, 0) is 0 Å². The Balaban J connectivity index is 0.000000437. The average Bonchev–Trinajstić information content (AvgIpc) is 2.69. The van der Waals surface area contributed by atoms with Crippen LogP contribution in [0, 0.1) is 11.6 Å². The Morgan fingerprint density at radius 1 is 1.35 bits per heavy atom. The third kappa shape index (κ3) is 3.00. The molecule has 1 N–H and O–H groups in total. The molecule has 1 aromatic carbocycles. The molecule has 0 bridgehead atoms. The van der Waals surface area contributed by atoms with Gasteiger partial charge in [0.25, 0.3) is 0 Å². The number of fused-ring (bicyclic) bond motifs is 1. The normalized spacial score (nSPS) is 9.88. The van der Waals surface area contributed by atoms with Crippen LogP contribution in [0.1, 0.15) is 29.9 Å². The second kappa shape index (κ2) is 5.72. The molecule has 17 heavy (non-hydrogen) atoms. The Labute approximate surface area is 102 Å². The van der Waals surface area contributed by atoms with Gasteiger partial charge in [-0.2, -0.15) is 0 Å². The lowest BCUT2D eigenvalue weighted by Gasteiger charge is -1.92. The molecule has 0 atom stereocenters. The van der Waals surface area contributed by atoms with Crippen LogP contribution in [-0.4, -0.2) is 11.1 Å². The zero-order valence-electron chi connectivity index (χ0n) is 9.46. The van der Waals surface area contributed by atoms with E-state index in [2.05, 4.69) is 13.8 Å². The molecule has 0 aliphatic carbocycles. The number of hydrogen-bond acceptors (Lipinski definition) is 2. The molecule has 2 aromatic rings. The number of benzene rings is 1. The topological polar surface area (TPSA) is 37.3 Å². The van der Waals surface area contributed by atoms with Crippen LogP contribution in [0.25, 0.3) is 10.1 Å². The van der Waals surface area contributed by atoms with E-state index in [-0.39, 0.29) is 9.58 Å². The van der Waals surface area contributed by atoms with Crippen LogP contribution in [0.5, 0.6) is 0 Å². The van der Waals surface area contributed by atoms with Gasteiger partial charge in [-0.25, -0.2) is 13.6 Å². The molecule has 92 valence electrons. The SMILES string of the molecule is CCC.O=C(O)c1cc2ccc(F)c(F)c2s1. The molecule has 0 saturated heterocycles. The molecular formula is C12H12F2O2S. The average molecular weight is 258 g/mol. The summed E-state index contributed by atoms with van der Waals surface area (Å²) in [6, 6.07) is 3.66. The van der Waals surface area contributed by atoms with Crippen molar-refractivity contribution in [1.82, 2.24) is 0 Å². The van der Waals surface area contributed by atoms with Gasteiger partial charge >= 0.3 is 5.97 Å². The first-order chi connectivity index (χ1) is 8.01. The molecule has 0 fully saturated rings. The Hall–Kier alpha value is -1.49. The third-order valence-corrected chi connectivity index (χ3v) is 2.92. The lowest BCUT2D eigenvalue weighted by atomic mass is 10.2. The maximum atomic E-state index is 13.1. The van der Waals surface area contributed by atoms with Gasteiger partial charge in [0.05, 0.1) is 4.70 Å². The first-order valence-electron chi connectivity index (χ1n) is 5.12. The van der Waals surface area contributed by atoms with E-state index in [4.69, 9.17) is 5.11 Å². The van der Waals surface area contributed by atoms with E-state index < -0.39 is 17.6 Å². The van der Waals surface area contributed by atoms with E-state index in [0.29, 0.717) is 5.39 Å². The van der Waals surface area contributed by atoms with Crippen LogP contribution in [0.2, 0.25) is 0 Å². The predicted octanol–water partition coefficient (Wildman–Crippen LogP) is 4.29. The summed E-state index contributed by atoms with van der Waals surface area (Å²) >= 11 is 0.732. The summed E-state index contributed by atoms with van der Waals surface area (Å²) in [6.07, 6.45) is 1.25. The van der Waals surface area contributed by atoms with Crippen LogP contribution in [0.4, 0.5) is 8.78 Å². The highest BCUT2D eigenvalue weighted by atomic mass is 32.1. The molecule has 2 nitrogen and oxygen atoms in total. The van der Waals surface area contributed by atoms with E-state index in [1.54, 1.807) is 0 Å². The highest BCUT2D eigenvalue weighted by Gasteiger charge is 2.13. The van der Waals surface area contributed by atoms with E-state index >= 15 is 0 Å². The van der Waals surface area contributed by atoms with Gasteiger partial charge in [0, 0.05) is 0 Å². The fourth-order valence-electron chi connectivity index (χ4n) is 1.15. The second-order valence-corrected chi connectivity index (χ2v) is 4.45. The number of carboxylic acid groups (broad SMARTS) is 1. The summed E-state index contributed by atoms with van der Waals surface area (Å²) in [5.74, 6) is -3.08. The number of halogens is 2. The second-order valence-electron chi connectivity index (χ2n) is 3.40. The first-order valence-corrected chi connectivity index (χ1v) is 5.93. The summed E-state index contributed by atoms with van der Waals surface area (Å²) in [4.78, 5) is 10.6. The van der Waals surface area contributed by atoms with Crippen LogP contribution in [0.15, 0.2) is 18.2 Å². The quantitative estimate of drug-likeness (QED) is 0.828. The lowest BCUT2D eigenvalue weighted by Crippen LogP contribution is -1.89. The molecule has 0 unspecified atom stereocenters. The van der Waals surface area contributed by atoms with Crippen molar-refractivity contribution in [2.24, 2.45) is 0 Å². The summed E-state index contributed by atoms with van der Waals surface area (Å²) in [6.45, 7) is 4.25. The highest BCUT2D eigenvalue weighted by Crippen LogP contribution is 2.29. The largest absolute Gasteiger partial charge is 0.477 e. The van der Waals surface area contributed by atoms with Crippen LogP contribution in [0.3, 0.4) is 0 Å². The van der Waals surface area contributed by atoms with E-state index in [1.807, 2.05) is 0 Å². The predicted molar refractivity (Wildman–Crippen MR) is 64.7 cm³/mol. The molecule has 0 spiro atoms. The molecule has 0 aliphatic heterocycles. The number of carbonyl (C=O) groups is 1. The Morgan fingerprint density at radius 2 is 1.94 bits per heavy atom. The zero-order chi connectivity index (χ0) is 13.0. The van der Waals surface area contributed by atoms with Gasteiger partial charge in [-0.3, -0.25) is 0 Å². The maximum Gasteiger partial charge on any atom is 0.345 e. The van der Waals surface area contributed by atoms with E-state index in [0.717, 1.165) is 17.4 Å². The van der Waals surface area contributed by atoms with Gasteiger partial charge in [0.2, 0.25) is 0 Å². The number of rotatable bonds is 1. The third-order valence-electron chi connectivity index (χ3n) is 1.79. The van der Waals surface area contributed by atoms with Gasteiger partial charge in [-0.15, -0.1) is 11.3 Å². The number of carboxylic acids is 1. The van der Waals surface area contributed by atoms with Gasteiger partial charge in [0.15, 0.2) is 11.6 Å². The van der Waals surface area contributed by atoms with Crippen molar-refractivity contribution in [3.05, 3.63) is 34.7 Å². The molecule has 0 amide bonds. The monoisotopic (exact) mass is 258 g/mol. The number of aromatic carboxylic acids is 1. The smallest absolute Gasteiger partial charge is 0.345 e. The van der Waals surface area contributed by atoms with Gasteiger partial charge in [-0.05, 0) is 17.5 Å². The Kier molecular flexibility index (Phi) is 4.57. The van der Waals surface area contributed by atoms with Gasteiger partial charge < -0.3 is 5.11 Å². The minimum absolute atomic E-state index is 0.00417. The first kappa shape index (κ1) is 13.6. The Bertz CT molecular complexity index is 535. The molecular weight excluding hydrogens is 246 g/mol. The summed E-state index contributed by atoms with van der Waals surface area (Å²) in [7, 11) is 0. The van der Waals surface area contributed by atoms with Crippen molar-refractivity contribution in [2.45, 2.75) is 20.3 Å². The van der Waals surface area contributed by atoms with Crippen molar-refractivity contribution in [3.8, 4) is 0 Å². The fourth-order valence-corrected chi connectivity index (χ4v) is 2.08. The van der Waals surface area contributed by atoms with Crippen molar-refractivity contribution in [2.75, 3.05) is 0 Å². The zero-order valence-corrected chi connectivity index (χ0v) is 10.3.